The molecular weight excluding hydrogens is 260 g/mol. The van der Waals surface area contributed by atoms with E-state index in [1.54, 1.807) is 0 Å². The first kappa shape index (κ1) is 15.3. The monoisotopic (exact) mass is 282 g/mol. The molecule has 0 aromatic heterocycles. The second kappa shape index (κ2) is 7.04. The van der Waals surface area contributed by atoms with Crippen molar-refractivity contribution >= 4 is 11.6 Å². The van der Waals surface area contributed by atoms with Gasteiger partial charge in [0.1, 0.15) is 0 Å². The van der Waals surface area contributed by atoms with Crippen LogP contribution in [-0.4, -0.2) is 11.9 Å². The lowest BCUT2D eigenvalue weighted by Gasteiger charge is -2.16. The van der Waals surface area contributed by atoms with Crippen LogP contribution in [0.5, 0.6) is 0 Å². The highest BCUT2D eigenvalue weighted by molar-refractivity contribution is 5.95. The molecule has 2 rings (SSSR count). The zero-order chi connectivity index (χ0) is 15.2. The first-order valence-corrected chi connectivity index (χ1v) is 7.27. The third kappa shape index (κ3) is 4.17. The first-order chi connectivity index (χ1) is 10.1. The smallest absolute Gasteiger partial charge is 0.241 e. The number of nitrogens with two attached hydrogens (primary N) is 1. The quantitative estimate of drug-likeness (QED) is 0.884. The average Bonchev–Trinajstić information content (AvgIpc) is 2.48. The number of para-hydroxylation sites is 1. The minimum absolute atomic E-state index is 0.146. The fourth-order valence-electron chi connectivity index (χ4n) is 2.30. The van der Waals surface area contributed by atoms with Gasteiger partial charge in [-0.15, -0.1) is 0 Å². The van der Waals surface area contributed by atoms with Crippen LogP contribution in [0.25, 0.3) is 0 Å². The van der Waals surface area contributed by atoms with Gasteiger partial charge in [-0.05, 0) is 29.5 Å². The molecule has 3 heteroatoms. The maximum atomic E-state index is 12.3. The summed E-state index contributed by atoms with van der Waals surface area (Å²) in [6, 6.07) is 17.1. The van der Waals surface area contributed by atoms with Gasteiger partial charge >= 0.3 is 0 Å². The molecule has 0 saturated heterocycles. The second-order valence-electron chi connectivity index (χ2n) is 5.53. The van der Waals surface area contributed by atoms with E-state index in [9.17, 15) is 4.79 Å². The number of benzene rings is 2. The highest BCUT2D eigenvalue weighted by atomic mass is 16.2. The molecule has 0 saturated carbocycles. The number of carbonyl (C=O) groups excluding carboxylic acids is 1. The summed E-state index contributed by atoms with van der Waals surface area (Å²) in [6.07, 6.45) is 0.538. The number of hydrogen-bond acceptors (Lipinski definition) is 2. The average molecular weight is 282 g/mol. The van der Waals surface area contributed by atoms with E-state index in [0.717, 1.165) is 16.8 Å². The van der Waals surface area contributed by atoms with Gasteiger partial charge in [-0.3, -0.25) is 4.79 Å². The van der Waals surface area contributed by atoms with Crippen LogP contribution in [-0.2, 0) is 11.2 Å². The van der Waals surface area contributed by atoms with Crippen LogP contribution >= 0.6 is 0 Å². The zero-order valence-electron chi connectivity index (χ0n) is 12.5. The Morgan fingerprint density at radius 1 is 1.05 bits per heavy atom. The van der Waals surface area contributed by atoms with Gasteiger partial charge < -0.3 is 11.1 Å². The third-order valence-electron chi connectivity index (χ3n) is 3.48. The Morgan fingerprint density at radius 3 is 2.33 bits per heavy atom. The SMILES string of the molecule is CC(C)c1ccccc1NC(=O)[C@H](N)Cc1ccccc1. The molecule has 0 fully saturated rings. The molecule has 2 aromatic carbocycles. The van der Waals surface area contributed by atoms with Crippen molar-refractivity contribution in [2.75, 3.05) is 5.32 Å². The van der Waals surface area contributed by atoms with Gasteiger partial charge in [-0.1, -0.05) is 62.4 Å². The van der Waals surface area contributed by atoms with Crippen molar-refractivity contribution in [2.24, 2.45) is 5.73 Å². The summed E-state index contributed by atoms with van der Waals surface area (Å²) in [4.78, 5) is 12.3. The van der Waals surface area contributed by atoms with Crippen LogP contribution in [0.3, 0.4) is 0 Å². The molecule has 21 heavy (non-hydrogen) atoms. The van der Waals surface area contributed by atoms with Crippen LogP contribution in [0.2, 0.25) is 0 Å². The lowest BCUT2D eigenvalue weighted by atomic mass is 10.0. The minimum atomic E-state index is -0.549. The number of carbonyl (C=O) groups is 1. The molecule has 0 aliphatic heterocycles. The Balaban J connectivity index is 2.04. The Hall–Kier alpha value is -2.13. The standard InChI is InChI=1S/C18H22N2O/c1-13(2)15-10-6-7-11-17(15)20-18(21)16(19)12-14-8-4-3-5-9-14/h3-11,13,16H,12,19H2,1-2H3,(H,20,21)/t16-/m1/s1. The van der Waals surface area contributed by atoms with E-state index in [2.05, 4.69) is 19.2 Å². The van der Waals surface area contributed by atoms with E-state index >= 15 is 0 Å². The van der Waals surface area contributed by atoms with Crippen molar-refractivity contribution < 1.29 is 4.79 Å². The van der Waals surface area contributed by atoms with Crippen molar-refractivity contribution in [3.05, 3.63) is 65.7 Å². The molecule has 3 N–H and O–H groups in total. The summed E-state index contributed by atoms with van der Waals surface area (Å²) < 4.78 is 0. The van der Waals surface area contributed by atoms with Crippen molar-refractivity contribution in [3.63, 3.8) is 0 Å². The van der Waals surface area contributed by atoms with Gasteiger partial charge in [0.2, 0.25) is 5.91 Å². The Labute approximate surface area is 126 Å². The van der Waals surface area contributed by atoms with E-state index < -0.39 is 6.04 Å². The van der Waals surface area contributed by atoms with Crippen LogP contribution in [0.1, 0.15) is 30.9 Å². The Kier molecular flexibility index (Phi) is 5.12. The molecule has 0 radical (unpaired) electrons. The molecule has 0 unspecified atom stereocenters. The summed E-state index contributed by atoms with van der Waals surface area (Å²) in [5, 5.41) is 2.95. The molecule has 0 bridgehead atoms. The maximum absolute atomic E-state index is 12.3. The van der Waals surface area contributed by atoms with Crippen molar-refractivity contribution in [2.45, 2.75) is 32.2 Å². The fourth-order valence-corrected chi connectivity index (χ4v) is 2.30. The fraction of sp³-hybridized carbons (Fsp3) is 0.278. The summed E-state index contributed by atoms with van der Waals surface area (Å²) in [6.45, 7) is 4.21. The highest BCUT2D eigenvalue weighted by Crippen LogP contribution is 2.23. The molecule has 110 valence electrons. The second-order valence-corrected chi connectivity index (χ2v) is 5.53. The normalized spacial score (nSPS) is 12.2. The number of nitrogens with one attached hydrogen (secondary N) is 1. The van der Waals surface area contributed by atoms with E-state index in [1.165, 1.54) is 0 Å². The van der Waals surface area contributed by atoms with Gasteiger partial charge in [-0.2, -0.15) is 0 Å². The zero-order valence-corrected chi connectivity index (χ0v) is 12.5. The van der Waals surface area contributed by atoms with Gasteiger partial charge in [-0.25, -0.2) is 0 Å². The van der Waals surface area contributed by atoms with Gasteiger partial charge in [0.25, 0.3) is 0 Å². The van der Waals surface area contributed by atoms with Crippen molar-refractivity contribution in [3.8, 4) is 0 Å². The van der Waals surface area contributed by atoms with Crippen LogP contribution in [0.15, 0.2) is 54.6 Å². The Morgan fingerprint density at radius 2 is 1.67 bits per heavy atom. The third-order valence-corrected chi connectivity index (χ3v) is 3.48. The maximum Gasteiger partial charge on any atom is 0.241 e. The topological polar surface area (TPSA) is 55.1 Å². The number of rotatable bonds is 5. The number of hydrogen-bond donors (Lipinski definition) is 2. The molecular formula is C18H22N2O. The molecule has 1 amide bonds. The van der Waals surface area contributed by atoms with Gasteiger partial charge in [0.05, 0.1) is 6.04 Å². The van der Waals surface area contributed by atoms with E-state index in [1.807, 2.05) is 54.6 Å². The predicted octanol–water partition coefficient (Wildman–Crippen LogP) is 3.32. The van der Waals surface area contributed by atoms with Gasteiger partial charge in [0.15, 0.2) is 0 Å². The number of amides is 1. The summed E-state index contributed by atoms with van der Waals surface area (Å²) in [7, 11) is 0. The lowest BCUT2D eigenvalue weighted by Crippen LogP contribution is -2.37. The summed E-state index contributed by atoms with van der Waals surface area (Å²) >= 11 is 0. The highest BCUT2D eigenvalue weighted by Gasteiger charge is 2.16. The predicted molar refractivity (Wildman–Crippen MR) is 87.3 cm³/mol. The van der Waals surface area contributed by atoms with Crippen molar-refractivity contribution in [1.82, 2.24) is 0 Å². The summed E-state index contributed by atoms with van der Waals surface area (Å²) in [5.41, 5.74) is 9.05. The van der Waals surface area contributed by atoms with E-state index in [-0.39, 0.29) is 5.91 Å². The Bertz CT molecular complexity index is 593. The minimum Gasteiger partial charge on any atom is -0.324 e. The van der Waals surface area contributed by atoms with E-state index in [0.29, 0.717) is 12.3 Å². The summed E-state index contributed by atoms with van der Waals surface area (Å²) in [5.74, 6) is 0.207. The van der Waals surface area contributed by atoms with Crippen LogP contribution in [0, 0.1) is 0 Å². The molecule has 0 aliphatic rings. The van der Waals surface area contributed by atoms with Crippen LogP contribution < -0.4 is 11.1 Å². The van der Waals surface area contributed by atoms with Crippen molar-refractivity contribution in [1.29, 1.82) is 0 Å². The van der Waals surface area contributed by atoms with Crippen LogP contribution in [0.4, 0.5) is 5.69 Å². The molecule has 1 atom stereocenters. The largest absolute Gasteiger partial charge is 0.324 e. The molecule has 2 aromatic rings. The molecule has 3 nitrogen and oxygen atoms in total. The van der Waals surface area contributed by atoms with E-state index in [4.69, 9.17) is 5.73 Å². The molecule has 0 spiro atoms. The van der Waals surface area contributed by atoms with Gasteiger partial charge in [0, 0.05) is 5.69 Å². The molecule has 0 heterocycles. The molecule has 0 aliphatic carbocycles. The first-order valence-electron chi connectivity index (χ1n) is 7.27. The lowest BCUT2D eigenvalue weighted by molar-refractivity contribution is -0.117. The number of anilines is 1.